The fourth-order valence-corrected chi connectivity index (χ4v) is 3.29. The Bertz CT molecular complexity index is 310. The first-order valence-corrected chi connectivity index (χ1v) is 6.31. The van der Waals surface area contributed by atoms with Crippen LogP contribution in [0, 0.1) is 5.41 Å². The third kappa shape index (κ3) is 1.68. The molecule has 1 unspecified atom stereocenters. The van der Waals surface area contributed by atoms with E-state index in [0.717, 1.165) is 39.1 Å². The molecular weight excluding hydrogens is 222 g/mol. The molecule has 0 aromatic carbocycles. The lowest BCUT2D eigenvalue weighted by atomic mass is 9.71. The molecule has 3 aliphatic rings. The first kappa shape index (κ1) is 11.4. The molecule has 3 saturated heterocycles. The summed E-state index contributed by atoms with van der Waals surface area (Å²) in [5.74, 6) is -0.725. The van der Waals surface area contributed by atoms with Crippen molar-refractivity contribution in [1.82, 2.24) is 4.90 Å². The molecule has 5 heteroatoms. The second-order valence-electron chi connectivity index (χ2n) is 5.61. The van der Waals surface area contributed by atoms with Crippen LogP contribution in [-0.4, -0.2) is 61.0 Å². The Labute approximate surface area is 101 Å². The third-order valence-corrected chi connectivity index (χ3v) is 4.61. The van der Waals surface area contributed by atoms with Gasteiger partial charge in [0.05, 0.1) is 6.61 Å². The van der Waals surface area contributed by atoms with E-state index >= 15 is 0 Å². The van der Waals surface area contributed by atoms with E-state index in [2.05, 4.69) is 4.90 Å². The highest BCUT2D eigenvalue weighted by Crippen LogP contribution is 2.45. The minimum atomic E-state index is -0.746. The van der Waals surface area contributed by atoms with Crippen molar-refractivity contribution in [3.05, 3.63) is 0 Å². The fourth-order valence-electron chi connectivity index (χ4n) is 3.29. The van der Waals surface area contributed by atoms with Crippen LogP contribution in [0.15, 0.2) is 0 Å². The summed E-state index contributed by atoms with van der Waals surface area (Å²) >= 11 is 0. The molecule has 0 radical (unpaired) electrons. The predicted molar refractivity (Wildman–Crippen MR) is 59.9 cm³/mol. The van der Waals surface area contributed by atoms with E-state index in [0.29, 0.717) is 25.0 Å². The van der Waals surface area contributed by atoms with Gasteiger partial charge in [0.2, 0.25) is 0 Å². The van der Waals surface area contributed by atoms with E-state index in [1.807, 2.05) is 0 Å². The minimum Gasteiger partial charge on any atom is -0.480 e. The number of ether oxygens (including phenoxy) is 2. The Balaban J connectivity index is 1.68. The molecular formula is C12H19NO4. The minimum absolute atomic E-state index is 0.323. The maximum Gasteiger partial charge on any atom is 0.326 e. The number of carboxylic acids is 1. The number of likely N-dealkylation sites (tertiary alicyclic amines) is 1. The Morgan fingerprint density at radius 3 is 2.24 bits per heavy atom. The quantitative estimate of drug-likeness (QED) is 0.755. The van der Waals surface area contributed by atoms with Crippen molar-refractivity contribution in [3.8, 4) is 0 Å². The summed E-state index contributed by atoms with van der Waals surface area (Å²) in [7, 11) is 0. The second-order valence-corrected chi connectivity index (χ2v) is 5.61. The Morgan fingerprint density at radius 1 is 1.06 bits per heavy atom. The van der Waals surface area contributed by atoms with Gasteiger partial charge in [-0.15, -0.1) is 0 Å². The summed E-state index contributed by atoms with van der Waals surface area (Å²) in [5.41, 5.74) is -0.424. The molecule has 1 atom stereocenters. The van der Waals surface area contributed by atoms with Crippen molar-refractivity contribution in [1.29, 1.82) is 0 Å². The lowest BCUT2D eigenvalue weighted by Gasteiger charge is -2.57. The topological polar surface area (TPSA) is 59.0 Å². The molecule has 0 saturated carbocycles. The van der Waals surface area contributed by atoms with Gasteiger partial charge in [-0.05, 0) is 12.8 Å². The maximum absolute atomic E-state index is 11.5. The van der Waals surface area contributed by atoms with Crippen LogP contribution in [0.3, 0.4) is 0 Å². The third-order valence-electron chi connectivity index (χ3n) is 4.61. The molecule has 1 N–H and O–H groups in total. The standard InChI is InChI=1S/C12H19NO4/c14-10(15)12(3-6-17-9-12)13-7-11(8-13)1-4-16-5-2-11/h1-9H2,(H,14,15). The van der Waals surface area contributed by atoms with Crippen molar-refractivity contribution >= 4 is 5.97 Å². The van der Waals surface area contributed by atoms with Crippen LogP contribution in [0.5, 0.6) is 0 Å². The van der Waals surface area contributed by atoms with Crippen molar-refractivity contribution in [2.45, 2.75) is 24.8 Å². The van der Waals surface area contributed by atoms with E-state index in [9.17, 15) is 9.90 Å². The maximum atomic E-state index is 11.5. The summed E-state index contributed by atoms with van der Waals surface area (Å²) < 4.78 is 10.7. The molecule has 3 aliphatic heterocycles. The van der Waals surface area contributed by atoms with Crippen molar-refractivity contribution in [3.63, 3.8) is 0 Å². The second kappa shape index (κ2) is 3.93. The van der Waals surface area contributed by atoms with Gasteiger partial charge >= 0.3 is 5.97 Å². The van der Waals surface area contributed by atoms with Crippen molar-refractivity contribution in [2.24, 2.45) is 5.41 Å². The molecule has 0 aromatic rings. The van der Waals surface area contributed by atoms with Gasteiger partial charge in [-0.3, -0.25) is 9.69 Å². The number of carboxylic acid groups (broad SMARTS) is 1. The number of aliphatic carboxylic acids is 1. The van der Waals surface area contributed by atoms with Gasteiger partial charge < -0.3 is 14.6 Å². The zero-order chi connectivity index (χ0) is 11.9. The van der Waals surface area contributed by atoms with E-state index < -0.39 is 11.5 Å². The van der Waals surface area contributed by atoms with E-state index in [-0.39, 0.29) is 0 Å². The van der Waals surface area contributed by atoms with Crippen LogP contribution in [0.25, 0.3) is 0 Å². The monoisotopic (exact) mass is 241 g/mol. The first-order valence-electron chi connectivity index (χ1n) is 6.31. The van der Waals surface area contributed by atoms with Gasteiger partial charge in [-0.25, -0.2) is 0 Å². The van der Waals surface area contributed by atoms with Gasteiger partial charge in [-0.2, -0.15) is 0 Å². The summed E-state index contributed by atoms with van der Waals surface area (Å²) in [6.07, 6.45) is 2.76. The summed E-state index contributed by atoms with van der Waals surface area (Å²) in [6, 6.07) is 0. The predicted octanol–water partition coefficient (Wildman–Crippen LogP) is 0.342. The SMILES string of the molecule is O=C(O)C1(N2CC3(CCOCC3)C2)CCOC1. The largest absolute Gasteiger partial charge is 0.480 e. The van der Waals surface area contributed by atoms with Crippen LogP contribution in [0.1, 0.15) is 19.3 Å². The van der Waals surface area contributed by atoms with Crippen LogP contribution >= 0.6 is 0 Å². The van der Waals surface area contributed by atoms with Crippen LogP contribution in [0.4, 0.5) is 0 Å². The molecule has 5 nitrogen and oxygen atoms in total. The lowest BCUT2D eigenvalue weighted by molar-refractivity contribution is -0.170. The van der Waals surface area contributed by atoms with Crippen molar-refractivity contribution < 1.29 is 19.4 Å². The molecule has 3 heterocycles. The molecule has 1 spiro atoms. The molecule has 3 rings (SSSR count). The van der Waals surface area contributed by atoms with Crippen molar-refractivity contribution in [2.75, 3.05) is 39.5 Å². The van der Waals surface area contributed by atoms with E-state index in [1.165, 1.54) is 0 Å². The highest BCUT2D eigenvalue weighted by atomic mass is 16.5. The smallest absolute Gasteiger partial charge is 0.326 e. The zero-order valence-corrected chi connectivity index (χ0v) is 9.98. The average molecular weight is 241 g/mol. The molecule has 0 amide bonds. The number of hydrogen-bond donors (Lipinski definition) is 1. The van der Waals surface area contributed by atoms with E-state index in [4.69, 9.17) is 9.47 Å². The average Bonchev–Trinajstić information content (AvgIpc) is 2.77. The first-order chi connectivity index (χ1) is 8.17. The van der Waals surface area contributed by atoms with Crippen LogP contribution in [-0.2, 0) is 14.3 Å². The lowest BCUT2D eigenvalue weighted by Crippen LogP contribution is -2.69. The molecule has 0 bridgehead atoms. The highest BCUT2D eigenvalue weighted by molar-refractivity contribution is 5.79. The highest BCUT2D eigenvalue weighted by Gasteiger charge is 2.56. The van der Waals surface area contributed by atoms with Gasteiger partial charge in [0.25, 0.3) is 0 Å². The van der Waals surface area contributed by atoms with Gasteiger partial charge in [-0.1, -0.05) is 0 Å². The van der Waals surface area contributed by atoms with Gasteiger partial charge in [0, 0.05) is 44.7 Å². The Hall–Kier alpha value is -0.650. The van der Waals surface area contributed by atoms with Crippen LogP contribution in [0.2, 0.25) is 0 Å². The van der Waals surface area contributed by atoms with E-state index in [1.54, 1.807) is 0 Å². The fraction of sp³-hybridized carbons (Fsp3) is 0.917. The number of nitrogens with zero attached hydrogens (tertiary/aromatic N) is 1. The zero-order valence-electron chi connectivity index (χ0n) is 9.98. The normalized spacial score (nSPS) is 36.9. The summed E-state index contributed by atoms with van der Waals surface area (Å²) in [4.78, 5) is 13.6. The number of carbonyl (C=O) groups is 1. The Morgan fingerprint density at radius 2 is 1.71 bits per heavy atom. The number of hydrogen-bond acceptors (Lipinski definition) is 4. The molecule has 0 aromatic heterocycles. The number of rotatable bonds is 2. The van der Waals surface area contributed by atoms with Gasteiger partial charge in [0.1, 0.15) is 5.54 Å². The molecule has 3 fully saturated rings. The molecule has 17 heavy (non-hydrogen) atoms. The Kier molecular flexibility index (Phi) is 2.65. The molecule has 96 valence electrons. The molecule has 0 aliphatic carbocycles. The van der Waals surface area contributed by atoms with Gasteiger partial charge in [0.15, 0.2) is 0 Å². The summed E-state index contributed by atoms with van der Waals surface area (Å²) in [6.45, 7) is 4.35. The summed E-state index contributed by atoms with van der Waals surface area (Å²) in [5, 5.41) is 9.44. The van der Waals surface area contributed by atoms with Crippen LogP contribution < -0.4 is 0 Å².